The van der Waals surface area contributed by atoms with E-state index in [1.165, 1.54) is 30.3 Å². The number of hydrazone groups is 1. The molecule has 0 amide bonds. The molecule has 3 aromatic rings. The van der Waals surface area contributed by atoms with Crippen LogP contribution in [0, 0.1) is 5.41 Å². The smallest absolute Gasteiger partial charge is 0.284 e. The zero-order valence-electron chi connectivity index (χ0n) is 20.6. The lowest BCUT2D eigenvalue weighted by molar-refractivity contribution is 0.480. The van der Waals surface area contributed by atoms with Crippen molar-refractivity contribution in [1.82, 2.24) is 5.01 Å². The van der Waals surface area contributed by atoms with Gasteiger partial charge in [-0.05, 0) is 66.6 Å². The average Bonchev–Trinajstić information content (AvgIpc) is 3.59. The van der Waals surface area contributed by atoms with E-state index in [-0.39, 0.29) is 22.4 Å². The summed E-state index contributed by atoms with van der Waals surface area (Å²) >= 11 is 6.11. The van der Waals surface area contributed by atoms with Crippen molar-refractivity contribution < 1.29 is 8.42 Å². The molecule has 1 fully saturated rings. The molecule has 1 unspecified atom stereocenters. The van der Waals surface area contributed by atoms with Crippen molar-refractivity contribution in [1.29, 1.82) is 5.41 Å². The molecular weight excluding hydrogens is 504 g/mol. The van der Waals surface area contributed by atoms with Gasteiger partial charge in [-0.25, -0.2) is 5.01 Å². The summed E-state index contributed by atoms with van der Waals surface area (Å²) in [5, 5.41) is 15.3. The Morgan fingerprint density at radius 1 is 0.946 bits per heavy atom. The highest BCUT2D eigenvalue weighted by molar-refractivity contribution is 7.90. The van der Waals surface area contributed by atoms with Gasteiger partial charge in [-0.3, -0.25) is 0 Å². The number of hydrogen-bond acceptors (Lipinski definition) is 4. The second kappa shape index (κ2) is 10.6. The van der Waals surface area contributed by atoms with E-state index in [0.717, 1.165) is 29.7 Å². The Morgan fingerprint density at radius 2 is 1.59 bits per heavy atom. The summed E-state index contributed by atoms with van der Waals surface area (Å²) in [6.45, 7) is 1.90. The molecule has 1 atom stereocenters. The van der Waals surface area contributed by atoms with Crippen LogP contribution in [-0.2, 0) is 10.0 Å². The fraction of sp³-hybridized carbons (Fsp3) is 0.276. The summed E-state index contributed by atoms with van der Waals surface area (Å²) in [5.74, 6) is 0.393. The minimum Gasteiger partial charge on any atom is -0.302 e. The summed E-state index contributed by atoms with van der Waals surface area (Å²) in [6.07, 6.45) is 4.73. The lowest BCUT2D eigenvalue weighted by Crippen LogP contribution is -2.31. The van der Waals surface area contributed by atoms with Gasteiger partial charge >= 0.3 is 0 Å². The Morgan fingerprint density at radius 3 is 2.22 bits per heavy atom. The predicted molar refractivity (Wildman–Crippen MR) is 150 cm³/mol. The average molecular weight is 533 g/mol. The Hall–Kier alpha value is -3.29. The van der Waals surface area contributed by atoms with Crippen molar-refractivity contribution in [3.63, 3.8) is 0 Å². The van der Waals surface area contributed by atoms with Gasteiger partial charge in [-0.1, -0.05) is 79.0 Å². The molecule has 1 aliphatic carbocycles. The maximum absolute atomic E-state index is 13.3. The van der Waals surface area contributed by atoms with Crippen molar-refractivity contribution in [3.8, 4) is 0 Å². The van der Waals surface area contributed by atoms with Crippen LogP contribution in [0.5, 0.6) is 0 Å². The number of halogens is 1. The molecule has 6 nitrogen and oxygen atoms in total. The monoisotopic (exact) mass is 532 g/mol. The van der Waals surface area contributed by atoms with E-state index in [0.29, 0.717) is 17.5 Å². The van der Waals surface area contributed by atoms with E-state index in [9.17, 15) is 8.42 Å². The van der Waals surface area contributed by atoms with Crippen LogP contribution in [0.25, 0.3) is 0 Å². The molecule has 0 radical (unpaired) electrons. The predicted octanol–water partition coefficient (Wildman–Crippen LogP) is 6.63. The van der Waals surface area contributed by atoms with Crippen molar-refractivity contribution in [2.45, 2.75) is 49.3 Å². The maximum Gasteiger partial charge on any atom is 0.284 e. The lowest BCUT2D eigenvalue weighted by Gasteiger charge is -2.18. The highest BCUT2D eigenvalue weighted by Crippen LogP contribution is 2.35. The van der Waals surface area contributed by atoms with Gasteiger partial charge in [0.15, 0.2) is 5.84 Å². The summed E-state index contributed by atoms with van der Waals surface area (Å²) in [5.41, 5.74) is 3.90. The molecular formula is C29H29ClN4O2S. The summed E-state index contributed by atoms with van der Waals surface area (Å²) in [6, 6.07) is 24.4. The minimum absolute atomic E-state index is 0.0183. The van der Waals surface area contributed by atoms with Gasteiger partial charge < -0.3 is 5.41 Å². The molecule has 0 bridgehead atoms. The second-order valence-electron chi connectivity index (χ2n) is 9.60. The van der Waals surface area contributed by atoms with E-state index in [1.54, 1.807) is 24.3 Å². The van der Waals surface area contributed by atoms with Crippen LogP contribution in [0.3, 0.4) is 0 Å². The van der Waals surface area contributed by atoms with Crippen LogP contribution in [0.1, 0.15) is 61.1 Å². The normalized spacial score (nSPS) is 18.8. The molecule has 0 spiro atoms. The topological polar surface area (TPSA) is 85.9 Å². The molecule has 2 aliphatic rings. The first-order chi connectivity index (χ1) is 17.8. The van der Waals surface area contributed by atoms with Crippen LogP contribution in [0.4, 0.5) is 0 Å². The zero-order chi connectivity index (χ0) is 26.0. The van der Waals surface area contributed by atoms with Crippen LogP contribution in [-0.4, -0.2) is 37.2 Å². The third-order valence-corrected chi connectivity index (χ3v) is 8.58. The molecule has 0 saturated heterocycles. The molecule has 1 N–H and O–H groups in total. The Bertz CT molecular complexity index is 1440. The molecule has 0 aromatic heterocycles. The first-order valence-electron chi connectivity index (χ1n) is 12.5. The number of amidine groups is 1. The van der Waals surface area contributed by atoms with Gasteiger partial charge in [0.05, 0.1) is 22.9 Å². The number of sulfonamides is 1. The Labute approximate surface area is 223 Å². The third-order valence-electron chi connectivity index (χ3n) is 7.05. The fourth-order valence-corrected chi connectivity index (χ4v) is 6.28. The quantitative estimate of drug-likeness (QED) is 0.285. The zero-order valence-corrected chi connectivity index (χ0v) is 22.2. The first-order valence-corrected chi connectivity index (χ1v) is 14.3. The van der Waals surface area contributed by atoms with Gasteiger partial charge in [0.1, 0.15) is 0 Å². The number of hydrogen-bond donors (Lipinski definition) is 1. The second-order valence-corrected chi connectivity index (χ2v) is 11.6. The van der Waals surface area contributed by atoms with Crippen LogP contribution in [0.15, 0.2) is 93.3 Å². The first kappa shape index (κ1) is 25.4. The fourth-order valence-electron chi connectivity index (χ4n) is 5.11. The van der Waals surface area contributed by atoms with Crippen molar-refractivity contribution in [3.05, 3.63) is 101 Å². The van der Waals surface area contributed by atoms with Crippen molar-refractivity contribution in [2.75, 3.05) is 6.54 Å². The summed E-state index contributed by atoms with van der Waals surface area (Å²) in [7, 11) is -4.03. The van der Waals surface area contributed by atoms with Crippen LogP contribution < -0.4 is 0 Å². The van der Waals surface area contributed by atoms with E-state index >= 15 is 0 Å². The molecule has 3 aromatic carbocycles. The third kappa shape index (κ3) is 5.53. The van der Waals surface area contributed by atoms with Gasteiger partial charge in [0.2, 0.25) is 0 Å². The molecule has 1 aliphatic heterocycles. The Balaban J connectivity index is 1.49. The lowest BCUT2D eigenvalue weighted by atomic mass is 9.90. The number of nitrogens with one attached hydrogen (secondary N) is 1. The molecule has 37 heavy (non-hydrogen) atoms. The molecule has 1 heterocycles. The van der Waals surface area contributed by atoms with E-state index in [4.69, 9.17) is 22.1 Å². The molecule has 1 saturated carbocycles. The highest BCUT2D eigenvalue weighted by Gasteiger charge is 2.33. The number of nitrogens with zero attached hydrogens (tertiary/aromatic N) is 3. The largest absolute Gasteiger partial charge is 0.302 e. The van der Waals surface area contributed by atoms with Crippen LogP contribution >= 0.6 is 11.6 Å². The van der Waals surface area contributed by atoms with Gasteiger partial charge in [-0.2, -0.15) is 13.5 Å². The maximum atomic E-state index is 13.3. The van der Waals surface area contributed by atoms with E-state index in [1.807, 2.05) is 54.6 Å². The minimum atomic E-state index is -4.03. The van der Waals surface area contributed by atoms with E-state index < -0.39 is 10.0 Å². The van der Waals surface area contributed by atoms with Gasteiger partial charge in [0, 0.05) is 10.9 Å². The number of rotatable bonds is 6. The highest BCUT2D eigenvalue weighted by atomic mass is 35.5. The van der Waals surface area contributed by atoms with Gasteiger partial charge in [-0.15, -0.1) is 4.40 Å². The van der Waals surface area contributed by atoms with Crippen molar-refractivity contribution in [2.24, 2.45) is 9.50 Å². The molecule has 5 rings (SSSR count). The Kier molecular flexibility index (Phi) is 7.26. The summed E-state index contributed by atoms with van der Waals surface area (Å²) < 4.78 is 30.7. The van der Waals surface area contributed by atoms with E-state index in [2.05, 4.69) is 4.40 Å². The number of benzene rings is 3. The summed E-state index contributed by atoms with van der Waals surface area (Å²) in [4.78, 5) is 0.119. The SMILES string of the molecule is CC(=N)/C(=N\S(=O)(=O)c1ccc(C2CCCC2)cc1)N1CC(c2ccccc2)C(c2ccc(Cl)cc2)=N1. The molecule has 8 heteroatoms. The van der Waals surface area contributed by atoms with Crippen LogP contribution in [0.2, 0.25) is 5.02 Å². The van der Waals surface area contributed by atoms with Crippen molar-refractivity contribution >= 4 is 38.9 Å². The standard InChI is InChI=1S/C29H29ClN4O2S/c1-20(31)29(33-37(35,36)26-17-13-22(14-18-26)21-7-5-6-8-21)34-19-27(23-9-3-2-4-10-23)28(32-34)24-11-15-25(30)16-12-24/h2-4,9-18,21,27,31H,5-8,19H2,1H3/b31-20?,33-29+. The van der Waals surface area contributed by atoms with Gasteiger partial charge in [0.25, 0.3) is 10.0 Å². The molecule has 190 valence electrons.